The monoisotopic (exact) mass is 407 g/mol. The van der Waals surface area contributed by atoms with Gasteiger partial charge in [0, 0.05) is 47.4 Å². The normalized spacial score (nSPS) is 10.7. The van der Waals surface area contributed by atoms with E-state index < -0.39 is 0 Å². The first-order valence-corrected chi connectivity index (χ1v) is 9.08. The fraction of sp³-hybridized carbons (Fsp3) is 0.190. The second-order valence-corrected chi connectivity index (χ2v) is 6.27. The molecule has 9 heteroatoms. The summed E-state index contributed by atoms with van der Waals surface area (Å²) in [6.45, 7) is 0. The molecule has 3 aromatic heterocycles. The molecule has 0 spiro atoms. The highest BCUT2D eigenvalue weighted by atomic mass is 16.5. The van der Waals surface area contributed by atoms with E-state index in [0.29, 0.717) is 34.6 Å². The van der Waals surface area contributed by atoms with Crippen molar-refractivity contribution < 1.29 is 18.9 Å². The van der Waals surface area contributed by atoms with Gasteiger partial charge in [-0.3, -0.25) is 0 Å². The van der Waals surface area contributed by atoms with Crippen LogP contribution in [0.3, 0.4) is 0 Å². The first kappa shape index (κ1) is 19.3. The van der Waals surface area contributed by atoms with E-state index in [1.165, 1.54) is 0 Å². The summed E-state index contributed by atoms with van der Waals surface area (Å²) >= 11 is 0. The Morgan fingerprint density at radius 3 is 2.23 bits per heavy atom. The highest BCUT2D eigenvalue weighted by Gasteiger charge is 2.14. The van der Waals surface area contributed by atoms with Gasteiger partial charge in [0.2, 0.25) is 11.6 Å². The van der Waals surface area contributed by atoms with Crippen LogP contribution in [0.15, 0.2) is 48.9 Å². The van der Waals surface area contributed by atoms with Crippen LogP contribution < -0.4 is 24.3 Å². The van der Waals surface area contributed by atoms with Crippen LogP contribution in [0.1, 0.15) is 0 Å². The molecular formula is C21H21N5O4. The molecular weight excluding hydrogens is 386 g/mol. The van der Waals surface area contributed by atoms with Gasteiger partial charge in [-0.2, -0.15) is 5.10 Å². The Hall–Kier alpha value is -4.01. The number of nitrogens with zero attached hydrogens (tertiary/aromatic N) is 4. The maximum absolute atomic E-state index is 5.41. The lowest BCUT2D eigenvalue weighted by Gasteiger charge is -2.15. The van der Waals surface area contributed by atoms with Crippen molar-refractivity contribution in [3.05, 3.63) is 48.9 Å². The molecule has 0 saturated heterocycles. The van der Waals surface area contributed by atoms with Crippen molar-refractivity contribution in [2.45, 2.75) is 0 Å². The fourth-order valence-electron chi connectivity index (χ4n) is 3.10. The first-order chi connectivity index (χ1) is 14.7. The quantitative estimate of drug-likeness (QED) is 0.497. The number of aromatic nitrogens is 4. The Bertz CT molecular complexity index is 1150. The van der Waals surface area contributed by atoms with Crippen LogP contribution in [0.4, 0.5) is 11.5 Å². The molecule has 4 rings (SSSR count). The Morgan fingerprint density at radius 1 is 0.867 bits per heavy atom. The molecule has 0 aliphatic heterocycles. The van der Waals surface area contributed by atoms with Gasteiger partial charge in [-0.25, -0.2) is 14.5 Å². The highest BCUT2D eigenvalue weighted by molar-refractivity contribution is 5.78. The maximum atomic E-state index is 5.41. The van der Waals surface area contributed by atoms with E-state index in [1.807, 2.05) is 30.5 Å². The van der Waals surface area contributed by atoms with E-state index in [9.17, 15) is 0 Å². The Morgan fingerprint density at radius 2 is 1.63 bits per heavy atom. The molecule has 0 fully saturated rings. The number of fused-ring (bicyclic) bond motifs is 1. The first-order valence-electron chi connectivity index (χ1n) is 9.08. The van der Waals surface area contributed by atoms with Crippen LogP contribution >= 0.6 is 0 Å². The Kier molecular flexibility index (Phi) is 5.25. The molecule has 1 aromatic carbocycles. The molecule has 0 unspecified atom stereocenters. The summed E-state index contributed by atoms with van der Waals surface area (Å²) in [5.74, 6) is 2.82. The minimum absolute atomic E-state index is 0.527. The number of hydrogen-bond acceptors (Lipinski definition) is 8. The number of ether oxygens (including phenoxy) is 4. The van der Waals surface area contributed by atoms with E-state index in [0.717, 1.165) is 16.8 Å². The summed E-state index contributed by atoms with van der Waals surface area (Å²) in [7, 11) is 6.30. The SMILES string of the molecule is COc1ccc(-c2cnn3ccc(Nc4cc(OC)c(OC)c(OC)c4)nc23)cn1. The molecule has 0 saturated carbocycles. The molecule has 0 radical (unpaired) electrons. The summed E-state index contributed by atoms with van der Waals surface area (Å²) in [6, 6.07) is 9.19. The zero-order valence-corrected chi connectivity index (χ0v) is 17.0. The van der Waals surface area contributed by atoms with Crippen LogP contribution in [0.2, 0.25) is 0 Å². The topological polar surface area (TPSA) is 92.0 Å². The van der Waals surface area contributed by atoms with Crippen LogP contribution in [0, 0.1) is 0 Å². The minimum Gasteiger partial charge on any atom is -0.493 e. The third kappa shape index (κ3) is 3.52. The average Bonchev–Trinajstić information content (AvgIpc) is 3.21. The molecule has 0 aliphatic carbocycles. The van der Waals surface area contributed by atoms with Gasteiger partial charge in [0.05, 0.1) is 34.6 Å². The second kappa shape index (κ2) is 8.16. The lowest BCUT2D eigenvalue weighted by Crippen LogP contribution is -2.00. The zero-order valence-electron chi connectivity index (χ0n) is 17.0. The number of anilines is 2. The zero-order chi connectivity index (χ0) is 21.1. The molecule has 0 atom stereocenters. The summed E-state index contributed by atoms with van der Waals surface area (Å²) < 4.78 is 23.0. The van der Waals surface area contributed by atoms with Gasteiger partial charge in [-0.1, -0.05) is 0 Å². The molecule has 0 bridgehead atoms. The third-order valence-corrected chi connectivity index (χ3v) is 4.56. The second-order valence-electron chi connectivity index (χ2n) is 6.27. The largest absolute Gasteiger partial charge is 0.493 e. The molecule has 30 heavy (non-hydrogen) atoms. The van der Waals surface area contributed by atoms with Crippen molar-refractivity contribution in [3.8, 4) is 34.3 Å². The van der Waals surface area contributed by atoms with Gasteiger partial charge >= 0.3 is 0 Å². The number of methoxy groups -OCH3 is 4. The molecule has 9 nitrogen and oxygen atoms in total. The number of pyridine rings is 1. The van der Waals surface area contributed by atoms with Crippen molar-refractivity contribution in [1.82, 2.24) is 19.6 Å². The van der Waals surface area contributed by atoms with Crippen molar-refractivity contribution in [2.75, 3.05) is 33.8 Å². The number of rotatable bonds is 7. The van der Waals surface area contributed by atoms with E-state index in [1.54, 1.807) is 51.4 Å². The molecule has 1 N–H and O–H groups in total. The summed E-state index contributed by atoms with van der Waals surface area (Å²) in [6.07, 6.45) is 5.33. The molecule has 0 aliphatic rings. The van der Waals surface area contributed by atoms with E-state index in [4.69, 9.17) is 23.9 Å². The number of benzene rings is 1. The number of hydrogen-bond donors (Lipinski definition) is 1. The van der Waals surface area contributed by atoms with Crippen molar-refractivity contribution in [2.24, 2.45) is 0 Å². The van der Waals surface area contributed by atoms with Gasteiger partial charge in [0.1, 0.15) is 5.82 Å². The predicted molar refractivity (Wildman–Crippen MR) is 112 cm³/mol. The summed E-state index contributed by atoms with van der Waals surface area (Å²) in [4.78, 5) is 8.98. The smallest absolute Gasteiger partial charge is 0.212 e. The van der Waals surface area contributed by atoms with Crippen LogP contribution in [-0.2, 0) is 0 Å². The maximum Gasteiger partial charge on any atom is 0.212 e. The lowest BCUT2D eigenvalue weighted by molar-refractivity contribution is 0.324. The Balaban J connectivity index is 1.70. The predicted octanol–water partition coefficient (Wildman–Crippen LogP) is 3.57. The molecule has 154 valence electrons. The van der Waals surface area contributed by atoms with Crippen LogP contribution in [0.5, 0.6) is 23.1 Å². The van der Waals surface area contributed by atoms with Gasteiger partial charge in [-0.05, 0) is 12.1 Å². The van der Waals surface area contributed by atoms with Gasteiger partial charge in [0.25, 0.3) is 0 Å². The van der Waals surface area contributed by atoms with E-state index in [-0.39, 0.29) is 0 Å². The van der Waals surface area contributed by atoms with E-state index in [2.05, 4.69) is 15.4 Å². The highest BCUT2D eigenvalue weighted by Crippen LogP contribution is 2.40. The summed E-state index contributed by atoms with van der Waals surface area (Å²) in [5.41, 5.74) is 3.19. The minimum atomic E-state index is 0.527. The van der Waals surface area contributed by atoms with Crippen LogP contribution in [0.25, 0.3) is 16.8 Å². The molecule has 3 heterocycles. The van der Waals surface area contributed by atoms with E-state index >= 15 is 0 Å². The van der Waals surface area contributed by atoms with Gasteiger partial charge in [0.15, 0.2) is 17.1 Å². The summed E-state index contributed by atoms with van der Waals surface area (Å²) in [5, 5.41) is 7.65. The standard InChI is InChI=1S/C21H21N5O4/c1-27-16-9-14(10-17(28-2)20(16)30-4)24-18-7-8-26-21(25-18)15(12-23-26)13-5-6-19(29-3)22-11-13/h5-12H,1-4H3,(H,24,25). The average molecular weight is 407 g/mol. The van der Waals surface area contributed by atoms with Gasteiger partial charge < -0.3 is 24.3 Å². The van der Waals surface area contributed by atoms with Crippen LogP contribution in [-0.4, -0.2) is 48.0 Å². The Labute approximate surface area is 173 Å². The van der Waals surface area contributed by atoms with Crippen molar-refractivity contribution >= 4 is 17.2 Å². The molecule has 4 aromatic rings. The van der Waals surface area contributed by atoms with Crippen molar-refractivity contribution in [1.29, 1.82) is 0 Å². The van der Waals surface area contributed by atoms with Gasteiger partial charge in [-0.15, -0.1) is 0 Å². The fourth-order valence-corrected chi connectivity index (χ4v) is 3.10. The molecule has 0 amide bonds. The third-order valence-electron chi connectivity index (χ3n) is 4.56. The number of nitrogens with one attached hydrogen (secondary N) is 1. The van der Waals surface area contributed by atoms with Crippen molar-refractivity contribution in [3.63, 3.8) is 0 Å². The lowest BCUT2D eigenvalue weighted by atomic mass is 10.1.